The van der Waals surface area contributed by atoms with Gasteiger partial charge >= 0.3 is 0 Å². The quantitative estimate of drug-likeness (QED) is 0.629. The molecule has 0 spiro atoms. The number of hydrogen-bond acceptors (Lipinski definition) is 5. The van der Waals surface area contributed by atoms with Crippen molar-refractivity contribution in [2.45, 2.75) is 59.2 Å². The molecule has 1 atom stereocenters. The van der Waals surface area contributed by atoms with E-state index >= 15 is 0 Å². The van der Waals surface area contributed by atoms with Crippen LogP contribution in [0.1, 0.15) is 60.2 Å². The highest BCUT2D eigenvalue weighted by molar-refractivity contribution is 6.03. The summed E-state index contributed by atoms with van der Waals surface area (Å²) in [4.78, 5) is 17.2. The number of aromatic nitrogens is 1. The van der Waals surface area contributed by atoms with Crippen molar-refractivity contribution in [3.8, 4) is 11.5 Å². The largest absolute Gasteiger partial charge is 0.493 e. The van der Waals surface area contributed by atoms with E-state index in [1.165, 1.54) is 0 Å². The van der Waals surface area contributed by atoms with Gasteiger partial charge < -0.3 is 14.2 Å². The highest BCUT2D eigenvalue weighted by Crippen LogP contribution is 2.39. The first kappa shape index (κ1) is 20.3. The van der Waals surface area contributed by atoms with Crippen LogP contribution in [0.5, 0.6) is 11.5 Å². The Hall–Kier alpha value is -2.40. The van der Waals surface area contributed by atoms with Crippen LogP contribution in [0.25, 0.3) is 0 Å². The van der Waals surface area contributed by atoms with Crippen molar-refractivity contribution >= 4 is 5.78 Å². The average molecular weight is 383 g/mol. The first-order valence-corrected chi connectivity index (χ1v) is 10.1. The van der Waals surface area contributed by atoms with Crippen LogP contribution in [0, 0.1) is 6.92 Å². The Kier molecular flexibility index (Phi) is 7.04. The van der Waals surface area contributed by atoms with E-state index in [0.29, 0.717) is 31.8 Å². The molecule has 0 fully saturated rings. The van der Waals surface area contributed by atoms with Gasteiger partial charge in [0.25, 0.3) is 0 Å². The predicted octanol–water partition coefficient (Wildman–Crippen LogP) is 4.68. The molecule has 28 heavy (non-hydrogen) atoms. The van der Waals surface area contributed by atoms with Crippen molar-refractivity contribution in [3.05, 3.63) is 52.8 Å². The topological polar surface area (TPSA) is 57.6 Å². The highest BCUT2D eigenvalue weighted by Gasteiger charge is 2.32. The number of Topliss-reactive ketones (excluding diaryl/α,β-unsaturated/α-hetero) is 1. The second-order valence-electron chi connectivity index (χ2n) is 7.12. The zero-order chi connectivity index (χ0) is 19.9. The average Bonchev–Trinajstić information content (AvgIpc) is 2.72. The lowest BCUT2D eigenvalue weighted by molar-refractivity contribution is 0.0282. The molecule has 150 valence electrons. The fraction of sp³-hybridized carbons (Fsp3) is 0.478. The lowest BCUT2D eigenvalue weighted by Gasteiger charge is -2.27. The molecule has 5 heteroatoms. The maximum atomic E-state index is 13.1. The van der Waals surface area contributed by atoms with Gasteiger partial charge in [-0.15, -0.1) is 0 Å². The maximum absolute atomic E-state index is 13.1. The SMILES string of the molecule is CCCOc1cc2c(c(OCCC)c1C)CCC(OCc1cccnc1)C2=O. The van der Waals surface area contributed by atoms with Gasteiger partial charge in [-0.2, -0.15) is 0 Å². The number of carbonyl (C=O) groups is 1. The van der Waals surface area contributed by atoms with Gasteiger partial charge in [0.15, 0.2) is 5.78 Å². The number of ether oxygens (including phenoxy) is 3. The summed E-state index contributed by atoms with van der Waals surface area (Å²) in [5, 5.41) is 0. The van der Waals surface area contributed by atoms with E-state index in [-0.39, 0.29) is 5.78 Å². The molecule has 1 heterocycles. The summed E-state index contributed by atoms with van der Waals surface area (Å²) in [5.74, 6) is 1.55. The highest BCUT2D eigenvalue weighted by atomic mass is 16.5. The molecule has 1 aromatic carbocycles. The fourth-order valence-electron chi connectivity index (χ4n) is 3.44. The number of fused-ring (bicyclic) bond motifs is 1. The molecule has 2 aromatic rings. The predicted molar refractivity (Wildman–Crippen MR) is 108 cm³/mol. The molecule has 0 saturated heterocycles. The molecule has 1 unspecified atom stereocenters. The van der Waals surface area contributed by atoms with Crippen molar-refractivity contribution in [2.24, 2.45) is 0 Å². The minimum atomic E-state index is -0.450. The first-order chi connectivity index (χ1) is 13.7. The van der Waals surface area contributed by atoms with Gasteiger partial charge in [0, 0.05) is 29.1 Å². The molecular weight excluding hydrogens is 354 g/mol. The zero-order valence-corrected chi connectivity index (χ0v) is 17.0. The Morgan fingerprint density at radius 3 is 2.68 bits per heavy atom. The van der Waals surface area contributed by atoms with Crippen LogP contribution in [0.2, 0.25) is 0 Å². The molecule has 1 aliphatic rings. The van der Waals surface area contributed by atoms with Gasteiger partial charge in [0.05, 0.1) is 19.8 Å². The van der Waals surface area contributed by atoms with Gasteiger partial charge in [0.1, 0.15) is 17.6 Å². The number of benzene rings is 1. The minimum absolute atomic E-state index is 0.00726. The van der Waals surface area contributed by atoms with E-state index in [4.69, 9.17) is 14.2 Å². The van der Waals surface area contributed by atoms with E-state index < -0.39 is 6.10 Å². The Morgan fingerprint density at radius 1 is 1.18 bits per heavy atom. The molecule has 0 N–H and O–H groups in total. The molecule has 1 aliphatic carbocycles. The third kappa shape index (κ3) is 4.53. The summed E-state index contributed by atoms with van der Waals surface area (Å²) in [6.45, 7) is 7.76. The first-order valence-electron chi connectivity index (χ1n) is 10.1. The van der Waals surface area contributed by atoms with Gasteiger partial charge in [-0.1, -0.05) is 19.9 Å². The summed E-state index contributed by atoms with van der Waals surface area (Å²) >= 11 is 0. The number of ketones is 1. The van der Waals surface area contributed by atoms with Gasteiger partial charge in [-0.05, 0) is 50.3 Å². The molecule has 0 amide bonds. The van der Waals surface area contributed by atoms with Crippen molar-refractivity contribution in [1.29, 1.82) is 0 Å². The molecule has 0 radical (unpaired) electrons. The standard InChI is InChI=1S/C23H29NO4/c1-4-11-26-21-13-19-18(23(16(21)3)27-12-5-2)8-9-20(22(19)25)28-15-17-7-6-10-24-14-17/h6-7,10,13-14,20H,4-5,8-9,11-12,15H2,1-3H3. The van der Waals surface area contributed by atoms with E-state index in [1.54, 1.807) is 12.4 Å². The zero-order valence-electron chi connectivity index (χ0n) is 17.0. The van der Waals surface area contributed by atoms with Gasteiger partial charge in [-0.3, -0.25) is 9.78 Å². The lowest BCUT2D eigenvalue weighted by atomic mass is 9.86. The van der Waals surface area contributed by atoms with Crippen LogP contribution in [0.15, 0.2) is 30.6 Å². The number of rotatable bonds is 9. The third-order valence-electron chi connectivity index (χ3n) is 4.89. The van der Waals surface area contributed by atoms with Crippen LogP contribution in [0.4, 0.5) is 0 Å². The number of pyridine rings is 1. The molecule has 0 bridgehead atoms. The van der Waals surface area contributed by atoms with Gasteiger partial charge in [-0.25, -0.2) is 0 Å². The summed E-state index contributed by atoms with van der Waals surface area (Å²) < 4.78 is 17.9. The Balaban J connectivity index is 1.85. The lowest BCUT2D eigenvalue weighted by Crippen LogP contribution is -2.31. The van der Waals surface area contributed by atoms with Gasteiger partial charge in [0.2, 0.25) is 0 Å². The van der Waals surface area contributed by atoms with Crippen LogP contribution in [-0.4, -0.2) is 30.1 Å². The Labute approximate surface area is 167 Å². The number of hydrogen-bond donors (Lipinski definition) is 0. The summed E-state index contributed by atoms with van der Waals surface area (Å²) in [5.41, 5.74) is 3.60. The van der Waals surface area contributed by atoms with Crippen molar-refractivity contribution in [2.75, 3.05) is 13.2 Å². The molecule has 0 saturated carbocycles. The van der Waals surface area contributed by atoms with E-state index in [9.17, 15) is 4.79 Å². The van der Waals surface area contributed by atoms with Crippen LogP contribution < -0.4 is 9.47 Å². The number of nitrogens with zero attached hydrogens (tertiary/aromatic N) is 1. The third-order valence-corrected chi connectivity index (χ3v) is 4.89. The van der Waals surface area contributed by atoms with Crippen molar-refractivity contribution in [3.63, 3.8) is 0 Å². The second kappa shape index (κ2) is 9.69. The van der Waals surface area contributed by atoms with Crippen molar-refractivity contribution in [1.82, 2.24) is 4.98 Å². The van der Waals surface area contributed by atoms with E-state index in [2.05, 4.69) is 18.8 Å². The monoisotopic (exact) mass is 383 g/mol. The van der Waals surface area contributed by atoms with Crippen LogP contribution >= 0.6 is 0 Å². The fourth-order valence-corrected chi connectivity index (χ4v) is 3.44. The number of carbonyl (C=O) groups excluding carboxylic acids is 1. The molecule has 0 aliphatic heterocycles. The Morgan fingerprint density at radius 2 is 1.96 bits per heavy atom. The smallest absolute Gasteiger partial charge is 0.192 e. The molecular formula is C23H29NO4. The normalized spacial score (nSPS) is 16.0. The van der Waals surface area contributed by atoms with Crippen LogP contribution in [0.3, 0.4) is 0 Å². The summed E-state index contributed by atoms with van der Waals surface area (Å²) in [6.07, 6.45) is 6.27. The molecule has 3 rings (SSSR count). The van der Waals surface area contributed by atoms with E-state index in [0.717, 1.165) is 47.5 Å². The minimum Gasteiger partial charge on any atom is -0.493 e. The second-order valence-corrected chi connectivity index (χ2v) is 7.12. The molecule has 1 aromatic heterocycles. The van der Waals surface area contributed by atoms with Crippen molar-refractivity contribution < 1.29 is 19.0 Å². The summed E-state index contributed by atoms with van der Waals surface area (Å²) in [6, 6.07) is 5.69. The Bertz CT molecular complexity index is 804. The van der Waals surface area contributed by atoms with Crippen LogP contribution in [-0.2, 0) is 17.8 Å². The van der Waals surface area contributed by atoms with E-state index in [1.807, 2.05) is 25.1 Å². The molecule has 5 nitrogen and oxygen atoms in total. The summed E-state index contributed by atoms with van der Waals surface area (Å²) in [7, 11) is 0. The maximum Gasteiger partial charge on any atom is 0.192 e.